The summed E-state index contributed by atoms with van der Waals surface area (Å²) in [5.41, 5.74) is 5.21. The van der Waals surface area contributed by atoms with Gasteiger partial charge in [-0.25, -0.2) is 14.8 Å². The van der Waals surface area contributed by atoms with E-state index in [-0.39, 0.29) is 24.0 Å². The van der Waals surface area contributed by atoms with Gasteiger partial charge in [-0.2, -0.15) is 0 Å². The summed E-state index contributed by atoms with van der Waals surface area (Å²) in [6.07, 6.45) is 3.34. The maximum Gasteiger partial charge on any atom is 0.323 e. The first-order valence-corrected chi connectivity index (χ1v) is 11.2. The lowest BCUT2D eigenvalue weighted by molar-refractivity contribution is 0.0643. The summed E-state index contributed by atoms with van der Waals surface area (Å²) >= 11 is 0. The summed E-state index contributed by atoms with van der Waals surface area (Å²) in [5.74, 6) is -0.0628. The lowest BCUT2D eigenvalue weighted by Crippen LogP contribution is -2.42. The van der Waals surface area contributed by atoms with Crippen molar-refractivity contribution in [2.45, 2.75) is 39.8 Å². The monoisotopic (exact) mass is 456 g/mol. The van der Waals surface area contributed by atoms with Gasteiger partial charge in [-0.05, 0) is 69.7 Å². The van der Waals surface area contributed by atoms with E-state index in [1.54, 1.807) is 36.8 Å². The molecular formula is C26H28N6O2. The van der Waals surface area contributed by atoms with Crippen molar-refractivity contribution in [1.29, 1.82) is 0 Å². The largest absolute Gasteiger partial charge is 0.343 e. The number of imidazole rings is 1. The number of aromatic amines is 1. The molecule has 0 aliphatic rings. The highest BCUT2D eigenvalue weighted by molar-refractivity contribution is 6.01. The number of hydrogen-bond acceptors (Lipinski definition) is 4. The summed E-state index contributed by atoms with van der Waals surface area (Å²) in [6, 6.07) is 16.2. The number of carbonyl (C=O) groups is 2. The Bertz CT molecular complexity index is 1300. The molecule has 0 spiro atoms. The smallest absolute Gasteiger partial charge is 0.323 e. The number of anilines is 2. The minimum Gasteiger partial charge on any atom is -0.343 e. The van der Waals surface area contributed by atoms with Crippen molar-refractivity contribution in [2.75, 3.05) is 10.6 Å². The van der Waals surface area contributed by atoms with Gasteiger partial charge in [0.2, 0.25) is 0 Å². The molecule has 0 bridgehead atoms. The fraction of sp³-hybridized carbons (Fsp3) is 0.231. The van der Waals surface area contributed by atoms with Gasteiger partial charge in [0, 0.05) is 40.8 Å². The van der Waals surface area contributed by atoms with Crippen LogP contribution >= 0.6 is 0 Å². The molecule has 0 radical (unpaired) electrons. The van der Waals surface area contributed by atoms with Crippen molar-refractivity contribution in [3.8, 4) is 11.1 Å². The van der Waals surface area contributed by atoms with Crippen LogP contribution in [0.5, 0.6) is 0 Å². The van der Waals surface area contributed by atoms with Crippen LogP contribution in [0.25, 0.3) is 22.3 Å². The van der Waals surface area contributed by atoms with E-state index in [0.29, 0.717) is 22.6 Å². The third-order valence-corrected chi connectivity index (χ3v) is 5.50. The topological polar surface area (TPSA) is 103 Å². The second-order valence-electron chi connectivity index (χ2n) is 8.60. The molecule has 0 unspecified atom stereocenters. The van der Waals surface area contributed by atoms with Crippen LogP contribution in [0.2, 0.25) is 0 Å². The molecule has 34 heavy (non-hydrogen) atoms. The zero-order valence-electron chi connectivity index (χ0n) is 19.7. The quantitative estimate of drug-likeness (QED) is 0.355. The predicted molar refractivity (Wildman–Crippen MR) is 135 cm³/mol. The third-order valence-electron chi connectivity index (χ3n) is 5.50. The van der Waals surface area contributed by atoms with Crippen molar-refractivity contribution < 1.29 is 9.59 Å². The standard InChI is InChI=1S/C26H28N6O2/c1-16(2)32(17(3)4)25(33)19-6-5-7-21(14-19)31-26(34)30-20-10-8-18(9-11-20)22-12-13-27-24-23(22)28-15-29-24/h5-17H,1-4H3,(H,27,28,29)(H2,30,31,34). The molecule has 0 atom stereocenters. The van der Waals surface area contributed by atoms with E-state index in [0.717, 1.165) is 16.6 Å². The number of urea groups is 1. The van der Waals surface area contributed by atoms with Gasteiger partial charge in [0.05, 0.1) is 11.8 Å². The van der Waals surface area contributed by atoms with Crippen molar-refractivity contribution in [3.63, 3.8) is 0 Å². The van der Waals surface area contributed by atoms with Crippen molar-refractivity contribution in [2.24, 2.45) is 0 Å². The van der Waals surface area contributed by atoms with Gasteiger partial charge < -0.3 is 20.5 Å². The summed E-state index contributed by atoms with van der Waals surface area (Å²) in [5, 5.41) is 5.64. The maximum atomic E-state index is 13.0. The molecule has 0 aliphatic carbocycles. The number of benzene rings is 2. The Morgan fingerprint density at radius 1 is 0.882 bits per heavy atom. The molecular weight excluding hydrogens is 428 g/mol. The number of H-pyrrole nitrogens is 1. The fourth-order valence-electron chi connectivity index (χ4n) is 4.06. The Hall–Kier alpha value is -4.20. The number of aromatic nitrogens is 3. The van der Waals surface area contributed by atoms with Gasteiger partial charge in [0.25, 0.3) is 5.91 Å². The number of nitrogens with one attached hydrogen (secondary N) is 3. The van der Waals surface area contributed by atoms with Gasteiger partial charge in [-0.15, -0.1) is 0 Å². The third kappa shape index (κ3) is 4.91. The zero-order valence-corrected chi connectivity index (χ0v) is 19.7. The lowest BCUT2D eigenvalue weighted by atomic mass is 10.1. The molecule has 8 nitrogen and oxygen atoms in total. The number of carbonyl (C=O) groups excluding carboxylic acids is 2. The van der Waals surface area contributed by atoms with E-state index in [2.05, 4.69) is 25.6 Å². The summed E-state index contributed by atoms with van der Waals surface area (Å²) < 4.78 is 0. The second kappa shape index (κ2) is 9.74. The van der Waals surface area contributed by atoms with E-state index < -0.39 is 0 Å². The van der Waals surface area contributed by atoms with Gasteiger partial charge in [0.15, 0.2) is 5.65 Å². The zero-order chi connectivity index (χ0) is 24.2. The van der Waals surface area contributed by atoms with Crippen LogP contribution < -0.4 is 10.6 Å². The SMILES string of the molecule is CC(C)N(C(=O)c1cccc(NC(=O)Nc2ccc(-c3ccnc4nc[nH]c34)cc2)c1)C(C)C. The predicted octanol–water partition coefficient (Wildman–Crippen LogP) is 5.53. The van der Waals surface area contributed by atoms with Gasteiger partial charge in [0.1, 0.15) is 0 Å². The van der Waals surface area contributed by atoms with Gasteiger partial charge >= 0.3 is 6.03 Å². The van der Waals surface area contributed by atoms with Crippen molar-refractivity contribution >= 4 is 34.5 Å². The van der Waals surface area contributed by atoms with E-state index in [1.165, 1.54) is 0 Å². The average Bonchev–Trinajstić information content (AvgIpc) is 3.28. The molecule has 0 fully saturated rings. The summed E-state index contributed by atoms with van der Waals surface area (Å²) in [4.78, 5) is 38.9. The first-order valence-electron chi connectivity index (χ1n) is 11.2. The summed E-state index contributed by atoms with van der Waals surface area (Å²) in [7, 11) is 0. The molecule has 0 aliphatic heterocycles. The number of amides is 3. The number of nitrogens with zero attached hydrogens (tertiary/aromatic N) is 3. The first kappa shape index (κ1) is 23.0. The van der Waals surface area contributed by atoms with Crippen LogP contribution in [0.1, 0.15) is 38.1 Å². The van der Waals surface area contributed by atoms with Crippen LogP contribution in [-0.2, 0) is 0 Å². The average molecular weight is 457 g/mol. The molecule has 2 heterocycles. The molecule has 2 aromatic heterocycles. The minimum absolute atomic E-state index is 0.0628. The number of rotatable bonds is 6. The van der Waals surface area contributed by atoms with E-state index in [1.807, 2.05) is 62.9 Å². The summed E-state index contributed by atoms with van der Waals surface area (Å²) in [6.45, 7) is 7.96. The van der Waals surface area contributed by atoms with Gasteiger partial charge in [-0.3, -0.25) is 4.79 Å². The molecule has 174 valence electrons. The van der Waals surface area contributed by atoms with Crippen molar-refractivity contribution in [3.05, 3.63) is 72.7 Å². The highest BCUT2D eigenvalue weighted by Crippen LogP contribution is 2.26. The molecule has 0 saturated carbocycles. The maximum absolute atomic E-state index is 13.0. The van der Waals surface area contributed by atoms with Crippen molar-refractivity contribution in [1.82, 2.24) is 19.9 Å². The minimum atomic E-state index is -0.387. The van der Waals surface area contributed by atoms with Crippen LogP contribution in [0.3, 0.4) is 0 Å². The normalized spacial score (nSPS) is 11.1. The van der Waals surface area contributed by atoms with Crippen LogP contribution in [0, 0.1) is 0 Å². The van der Waals surface area contributed by atoms with E-state index in [4.69, 9.17) is 0 Å². The molecule has 3 amide bonds. The molecule has 4 aromatic rings. The number of hydrogen-bond donors (Lipinski definition) is 3. The second-order valence-corrected chi connectivity index (χ2v) is 8.60. The Kier molecular flexibility index (Phi) is 6.58. The molecule has 2 aromatic carbocycles. The highest BCUT2D eigenvalue weighted by Gasteiger charge is 2.21. The fourth-order valence-corrected chi connectivity index (χ4v) is 4.06. The molecule has 8 heteroatoms. The lowest BCUT2D eigenvalue weighted by Gasteiger charge is -2.31. The number of fused-ring (bicyclic) bond motifs is 1. The molecule has 0 saturated heterocycles. The Balaban J connectivity index is 1.44. The molecule has 3 N–H and O–H groups in total. The van der Waals surface area contributed by atoms with Crippen LogP contribution in [0.15, 0.2) is 67.1 Å². The van der Waals surface area contributed by atoms with Gasteiger partial charge in [-0.1, -0.05) is 18.2 Å². The van der Waals surface area contributed by atoms with Crippen LogP contribution in [0.4, 0.5) is 16.2 Å². The first-order chi connectivity index (χ1) is 16.3. The Morgan fingerprint density at radius 3 is 2.29 bits per heavy atom. The molecule has 4 rings (SSSR count). The van der Waals surface area contributed by atoms with Crippen LogP contribution in [-0.4, -0.2) is 43.9 Å². The highest BCUT2D eigenvalue weighted by atomic mass is 16.2. The Labute approximate surface area is 198 Å². The Morgan fingerprint density at radius 2 is 1.59 bits per heavy atom. The van der Waals surface area contributed by atoms with E-state index in [9.17, 15) is 9.59 Å². The number of pyridine rings is 1. The van der Waals surface area contributed by atoms with E-state index >= 15 is 0 Å².